The van der Waals surface area contributed by atoms with E-state index < -0.39 is 0 Å². The summed E-state index contributed by atoms with van der Waals surface area (Å²) in [5, 5.41) is 7.67. The number of rotatable bonds is 5. The van der Waals surface area contributed by atoms with Crippen LogP contribution in [0.1, 0.15) is 12.8 Å². The zero-order valence-electron chi connectivity index (χ0n) is 16.4. The molecular formula is C21H21N7OS. The lowest BCUT2D eigenvalue weighted by Gasteiger charge is -2.27. The van der Waals surface area contributed by atoms with Crippen molar-refractivity contribution in [1.29, 1.82) is 0 Å². The quantitative estimate of drug-likeness (QED) is 0.531. The first-order valence-corrected chi connectivity index (χ1v) is 11.1. The first-order chi connectivity index (χ1) is 14.8. The summed E-state index contributed by atoms with van der Waals surface area (Å²) in [4.78, 5) is 21.2. The molecule has 1 aliphatic heterocycles. The lowest BCUT2D eigenvalue weighted by atomic mass is 10.2. The van der Waals surface area contributed by atoms with Gasteiger partial charge in [0.05, 0.1) is 18.9 Å². The number of anilines is 2. The normalized spacial score (nSPS) is 16.9. The van der Waals surface area contributed by atoms with E-state index in [-0.39, 0.29) is 0 Å². The van der Waals surface area contributed by atoms with Crippen molar-refractivity contribution in [2.45, 2.75) is 18.9 Å². The average molecular weight is 420 g/mol. The van der Waals surface area contributed by atoms with Gasteiger partial charge in [0.2, 0.25) is 0 Å². The maximum Gasteiger partial charge on any atom is 0.170 e. The number of imidazole rings is 1. The molecule has 152 valence electrons. The molecule has 1 N–H and O–H groups in total. The fourth-order valence-corrected chi connectivity index (χ4v) is 4.26. The summed E-state index contributed by atoms with van der Waals surface area (Å²) in [7, 11) is 0. The number of aromatic nitrogens is 5. The molecule has 4 aromatic heterocycles. The summed E-state index contributed by atoms with van der Waals surface area (Å²) in [5.74, 6) is 2.41. The highest BCUT2D eigenvalue weighted by atomic mass is 32.1. The van der Waals surface area contributed by atoms with E-state index in [1.54, 1.807) is 11.3 Å². The molecule has 6 rings (SSSR count). The molecule has 1 aliphatic carbocycles. The molecular weight excluding hydrogens is 398 g/mol. The second kappa shape index (κ2) is 7.33. The minimum absolute atomic E-state index is 0.476. The fourth-order valence-electron chi connectivity index (χ4n) is 3.63. The molecule has 0 radical (unpaired) electrons. The van der Waals surface area contributed by atoms with Gasteiger partial charge in [-0.3, -0.25) is 4.57 Å². The molecule has 2 fully saturated rings. The molecule has 0 atom stereocenters. The predicted octanol–water partition coefficient (Wildman–Crippen LogP) is 3.35. The highest BCUT2D eigenvalue weighted by Gasteiger charge is 2.24. The lowest BCUT2D eigenvalue weighted by Crippen LogP contribution is -2.36. The topological polar surface area (TPSA) is 81.0 Å². The SMILES string of the molecule is c1cc(-n2cnc3c(NC4CC4)nc(-c4ccc(N5CCOCC5)nc4)nc32)cs1. The number of thiophene rings is 1. The highest BCUT2D eigenvalue weighted by Crippen LogP contribution is 2.31. The van der Waals surface area contributed by atoms with Crippen LogP contribution in [0, 0.1) is 0 Å². The van der Waals surface area contributed by atoms with Gasteiger partial charge in [0.15, 0.2) is 22.8 Å². The second-order valence-corrected chi connectivity index (χ2v) is 8.37. The summed E-state index contributed by atoms with van der Waals surface area (Å²) in [5.41, 5.74) is 3.56. The summed E-state index contributed by atoms with van der Waals surface area (Å²) < 4.78 is 7.45. The van der Waals surface area contributed by atoms with Gasteiger partial charge in [-0.2, -0.15) is 11.3 Å². The number of hydrogen-bond acceptors (Lipinski definition) is 8. The zero-order chi connectivity index (χ0) is 19.9. The van der Waals surface area contributed by atoms with Crippen LogP contribution in [0.2, 0.25) is 0 Å². The number of pyridine rings is 1. The smallest absolute Gasteiger partial charge is 0.170 e. The molecule has 0 unspecified atom stereocenters. The molecule has 2 aliphatic rings. The molecule has 0 spiro atoms. The summed E-state index contributed by atoms with van der Waals surface area (Å²) >= 11 is 1.66. The monoisotopic (exact) mass is 419 g/mol. The Kier molecular flexibility index (Phi) is 4.35. The third-order valence-electron chi connectivity index (χ3n) is 5.44. The molecule has 4 aromatic rings. The van der Waals surface area contributed by atoms with Crippen LogP contribution >= 0.6 is 11.3 Å². The summed E-state index contributed by atoms with van der Waals surface area (Å²) in [6, 6.07) is 6.63. The van der Waals surface area contributed by atoms with Crippen molar-refractivity contribution in [2.24, 2.45) is 0 Å². The van der Waals surface area contributed by atoms with E-state index in [9.17, 15) is 0 Å². The standard InChI is InChI=1S/C21H21N7OS/c1-4-17(27-6-8-29-9-7-27)22-11-14(1)19-25-20(24-15-2-3-15)18-21(26-19)28(13-23-18)16-5-10-30-12-16/h1,4-5,10-13,15H,2-3,6-9H2,(H,24,25,26). The van der Waals surface area contributed by atoms with Crippen molar-refractivity contribution in [3.05, 3.63) is 41.5 Å². The van der Waals surface area contributed by atoms with Crippen molar-refractivity contribution in [1.82, 2.24) is 24.5 Å². The Morgan fingerprint density at radius 3 is 2.70 bits per heavy atom. The third kappa shape index (κ3) is 3.29. The van der Waals surface area contributed by atoms with E-state index in [1.165, 1.54) is 12.8 Å². The van der Waals surface area contributed by atoms with Gasteiger partial charge >= 0.3 is 0 Å². The number of hydrogen-bond donors (Lipinski definition) is 1. The van der Waals surface area contributed by atoms with E-state index in [0.717, 1.165) is 60.4 Å². The van der Waals surface area contributed by atoms with Crippen molar-refractivity contribution < 1.29 is 4.74 Å². The molecule has 5 heterocycles. The van der Waals surface area contributed by atoms with Crippen LogP contribution < -0.4 is 10.2 Å². The Labute approximate surface area is 177 Å². The first-order valence-electron chi connectivity index (χ1n) is 10.2. The summed E-state index contributed by atoms with van der Waals surface area (Å²) in [6.45, 7) is 3.21. The first kappa shape index (κ1) is 17.8. The van der Waals surface area contributed by atoms with Crippen LogP contribution in [0.4, 0.5) is 11.6 Å². The Morgan fingerprint density at radius 1 is 1.07 bits per heavy atom. The van der Waals surface area contributed by atoms with Crippen molar-refractivity contribution in [3.8, 4) is 17.1 Å². The molecule has 0 amide bonds. The van der Waals surface area contributed by atoms with Crippen LogP contribution in [-0.4, -0.2) is 56.8 Å². The Balaban J connectivity index is 1.41. The van der Waals surface area contributed by atoms with Crippen molar-refractivity contribution in [2.75, 3.05) is 36.5 Å². The van der Waals surface area contributed by atoms with Gasteiger partial charge in [-0.15, -0.1) is 0 Å². The lowest BCUT2D eigenvalue weighted by molar-refractivity contribution is 0.122. The van der Waals surface area contributed by atoms with Crippen LogP contribution in [0.15, 0.2) is 41.5 Å². The van der Waals surface area contributed by atoms with Crippen LogP contribution in [0.3, 0.4) is 0 Å². The largest absolute Gasteiger partial charge is 0.378 e. The summed E-state index contributed by atoms with van der Waals surface area (Å²) in [6.07, 6.45) is 6.02. The number of nitrogens with zero attached hydrogens (tertiary/aromatic N) is 6. The molecule has 0 bridgehead atoms. The van der Waals surface area contributed by atoms with Gasteiger partial charge in [0.1, 0.15) is 12.1 Å². The molecule has 0 aromatic carbocycles. The van der Waals surface area contributed by atoms with Gasteiger partial charge in [-0.25, -0.2) is 19.9 Å². The Bertz CT molecular complexity index is 1160. The zero-order valence-corrected chi connectivity index (χ0v) is 17.2. The average Bonchev–Trinajstić information content (AvgIpc) is 3.26. The molecule has 1 saturated carbocycles. The van der Waals surface area contributed by atoms with E-state index >= 15 is 0 Å². The third-order valence-corrected chi connectivity index (χ3v) is 6.11. The second-order valence-electron chi connectivity index (χ2n) is 7.59. The number of fused-ring (bicyclic) bond motifs is 1. The minimum Gasteiger partial charge on any atom is -0.378 e. The van der Waals surface area contributed by atoms with E-state index in [2.05, 4.69) is 37.0 Å². The number of nitrogens with one attached hydrogen (secondary N) is 1. The van der Waals surface area contributed by atoms with Crippen molar-refractivity contribution in [3.63, 3.8) is 0 Å². The van der Waals surface area contributed by atoms with Gasteiger partial charge in [-0.1, -0.05) is 0 Å². The van der Waals surface area contributed by atoms with Crippen LogP contribution in [0.5, 0.6) is 0 Å². The maximum atomic E-state index is 5.44. The van der Waals surface area contributed by atoms with Crippen molar-refractivity contribution >= 4 is 34.1 Å². The van der Waals surface area contributed by atoms with Gasteiger partial charge in [0, 0.05) is 36.3 Å². The Morgan fingerprint density at radius 2 is 1.97 bits per heavy atom. The molecule has 9 heteroatoms. The van der Waals surface area contributed by atoms with Gasteiger partial charge in [-0.05, 0) is 36.4 Å². The fraction of sp³-hybridized carbons (Fsp3) is 0.333. The molecule has 1 saturated heterocycles. The number of morpholine rings is 1. The Hall–Kier alpha value is -3.04. The van der Waals surface area contributed by atoms with E-state index in [0.29, 0.717) is 11.9 Å². The van der Waals surface area contributed by atoms with Gasteiger partial charge in [0.25, 0.3) is 0 Å². The van der Waals surface area contributed by atoms with E-state index in [4.69, 9.17) is 14.7 Å². The van der Waals surface area contributed by atoms with Crippen LogP contribution in [-0.2, 0) is 4.74 Å². The maximum absolute atomic E-state index is 5.44. The van der Waals surface area contributed by atoms with Crippen LogP contribution in [0.25, 0.3) is 28.2 Å². The molecule has 8 nitrogen and oxygen atoms in total. The number of ether oxygens (including phenoxy) is 1. The molecule has 30 heavy (non-hydrogen) atoms. The highest BCUT2D eigenvalue weighted by molar-refractivity contribution is 7.08. The predicted molar refractivity (Wildman–Crippen MR) is 117 cm³/mol. The van der Waals surface area contributed by atoms with Gasteiger partial charge < -0.3 is 15.0 Å². The van der Waals surface area contributed by atoms with E-state index in [1.807, 2.05) is 29.2 Å². The minimum atomic E-state index is 0.476.